The Morgan fingerprint density at radius 3 is 2.75 bits per heavy atom. The molecule has 4 heteroatoms. The minimum absolute atomic E-state index is 0.166. The van der Waals surface area contributed by atoms with Crippen molar-refractivity contribution in [1.29, 1.82) is 0 Å². The number of hydrogen-bond donors (Lipinski definition) is 1. The SMILES string of the molecule is C=CCc1cc(N)ccc1OCc1cc(Br)ccc1F. The lowest BCUT2D eigenvalue weighted by Gasteiger charge is -2.12. The van der Waals surface area contributed by atoms with Crippen molar-refractivity contribution in [3.05, 3.63) is 70.5 Å². The van der Waals surface area contributed by atoms with E-state index in [-0.39, 0.29) is 12.4 Å². The Morgan fingerprint density at radius 2 is 2.00 bits per heavy atom. The van der Waals surface area contributed by atoms with Crippen molar-refractivity contribution in [2.75, 3.05) is 5.73 Å². The summed E-state index contributed by atoms with van der Waals surface area (Å²) in [6, 6.07) is 10.2. The fourth-order valence-electron chi connectivity index (χ4n) is 1.86. The Labute approximate surface area is 126 Å². The smallest absolute Gasteiger partial charge is 0.129 e. The van der Waals surface area contributed by atoms with Crippen molar-refractivity contribution in [3.63, 3.8) is 0 Å². The quantitative estimate of drug-likeness (QED) is 0.645. The highest BCUT2D eigenvalue weighted by Crippen LogP contribution is 2.24. The normalized spacial score (nSPS) is 10.3. The molecule has 0 unspecified atom stereocenters. The molecule has 0 amide bonds. The van der Waals surface area contributed by atoms with E-state index in [1.165, 1.54) is 6.07 Å². The van der Waals surface area contributed by atoms with Crippen molar-refractivity contribution >= 4 is 21.6 Å². The van der Waals surface area contributed by atoms with Gasteiger partial charge >= 0.3 is 0 Å². The van der Waals surface area contributed by atoms with E-state index < -0.39 is 0 Å². The van der Waals surface area contributed by atoms with E-state index in [9.17, 15) is 4.39 Å². The van der Waals surface area contributed by atoms with Gasteiger partial charge < -0.3 is 10.5 Å². The van der Waals surface area contributed by atoms with Gasteiger partial charge in [0.1, 0.15) is 18.2 Å². The fraction of sp³-hybridized carbons (Fsp3) is 0.125. The zero-order valence-corrected chi connectivity index (χ0v) is 12.5. The molecule has 2 nitrogen and oxygen atoms in total. The van der Waals surface area contributed by atoms with E-state index in [1.807, 2.05) is 6.07 Å². The van der Waals surface area contributed by atoms with Crippen LogP contribution in [0.4, 0.5) is 10.1 Å². The standard InChI is InChI=1S/C16H15BrFNO/c1-2-3-11-9-14(19)5-7-16(11)20-10-12-8-13(17)4-6-15(12)18/h2,4-9H,1,3,10,19H2. The lowest BCUT2D eigenvalue weighted by Crippen LogP contribution is -2.01. The molecule has 2 aromatic rings. The van der Waals surface area contributed by atoms with Crippen molar-refractivity contribution < 1.29 is 9.13 Å². The molecule has 0 aromatic heterocycles. The van der Waals surface area contributed by atoms with Crippen LogP contribution < -0.4 is 10.5 Å². The van der Waals surface area contributed by atoms with Gasteiger partial charge in [0.25, 0.3) is 0 Å². The zero-order valence-electron chi connectivity index (χ0n) is 10.9. The van der Waals surface area contributed by atoms with Gasteiger partial charge in [-0.15, -0.1) is 6.58 Å². The molecule has 0 aliphatic heterocycles. The van der Waals surface area contributed by atoms with Crippen LogP contribution in [0.25, 0.3) is 0 Å². The summed E-state index contributed by atoms with van der Waals surface area (Å²) in [4.78, 5) is 0. The van der Waals surface area contributed by atoms with Crippen LogP contribution in [-0.2, 0) is 13.0 Å². The molecule has 0 heterocycles. The largest absolute Gasteiger partial charge is 0.489 e. The maximum atomic E-state index is 13.6. The van der Waals surface area contributed by atoms with Crippen molar-refractivity contribution in [2.45, 2.75) is 13.0 Å². The second-order valence-corrected chi connectivity index (χ2v) is 5.30. The van der Waals surface area contributed by atoms with E-state index >= 15 is 0 Å². The highest BCUT2D eigenvalue weighted by Gasteiger charge is 2.07. The molecular weight excluding hydrogens is 321 g/mol. The predicted octanol–water partition coefficient (Wildman–Crippen LogP) is 4.48. The first-order chi connectivity index (χ1) is 9.60. The van der Waals surface area contributed by atoms with Crippen LogP contribution in [0.2, 0.25) is 0 Å². The lowest BCUT2D eigenvalue weighted by molar-refractivity contribution is 0.297. The highest BCUT2D eigenvalue weighted by molar-refractivity contribution is 9.10. The summed E-state index contributed by atoms with van der Waals surface area (Å²) in [7, 11) is 0. The second-order valence-electron chi connectivity index (χ2n) is 4.38. The van der Waals surface area contributed by atoms with Gasteiger partial charge in [0.2, 0.25) is 0 Å². The molecule has 0 spiro atoms. The second kappa shape index (κ2) is 6.57. The van der Waals surface area contributed by atoms with Gasteiger partial charge in [-0.2, -0.15) is 0 Å². The third-order valence-corrected chi connectivity index (χ3v) is 3.33. The summed E-state index contributed by atoms with van der Waals surface area (Å²) in [5.74, 6) is 0.410. The third-order valence-electron chi connectivity index (χ3n) is 2.84. The predicted molar refractivity (Wildman–Crippen MR) is 83.2 cm³/mol. The molecule has 0 fully saturated rings. The average molecular weight is 336 g/mol. The van der Waals surface area contributed by atoms with E-state index in [1.54, 1.807) is 30.3 Å². The Kier molecular flexibility index (Phi) is 4.79. The molecule has 0 saturated heterocycles. The zero-order chi connectivity index (χ0) is 14.5. The lowest BCUT2D eigenvalue weighted by atomic mass is 10.1. The molecule has 20 heavy (non-hydrogen) atoms. The molecule has 2 rings (SSSR count). The Hall–Kier alpha value is -1.81. The van der Waals surface area contributed by atoms with Gasteiger partial charge in [0, 0.05) is 15.7 Å². The average Bonchev–Trinajstić information content (AvgIpc) is 2.42. The minimum Gasteiger partial charge on any atom is -0.489 e. The molecule has 104 valence electrons. The number of allylic oxidation sites excluding steroid dienone is 1. The molecule has 0 bridgehead atoms. The summed E-state index contributed by atoms with van der Waals surface area (Å²) < 4.78 is 20.2. The van der Waals surface area contributed by atoms with Crippen LogP contribution >= 0.6 is 15.9 Å². The molecule has 0 atom stereocenters. The first-order valence-corrected chi connectivity index (χ1v) is 6.95. The van der Waals surface area contributed by atoms with Crippen LogP contribution in [-0.4, -0.2) is 0 Å². The first-order valence-electron chi connectivity index (χ1n) is 6.16. The molecule has 2 aromatic carbocycles. The molecular formula is C16H15BrFNO. The fourth-order valence-corrected chi connectivity index (χ4v) is 2.27. The summed E-state index contributed by atoms with van der Waals surface area (Å²) in [5, 5.41) is 0. The van der Waals surface area contributed by atoms with Crippen LogP contribution in [0, 0.1) is 5.82 Å². The highest BCUT2D eigenvalue weighted by atomic mass is 79.9. The van der Waals surface area contributed by atoms with Crippen molar-refractivity contribution in [1.82, 2.24) is 0 Å². The van der Waals surface area contributed by atoms with E-state index in [0.717, 1.165) is 10.0 Å². The van der Waals surface area contributed by atoms with Gasteiger partial charge in [-0.05, 0) is 48.4 Å². The molecule has 0 aliphatic carbocycles. The molecule has 0 aliphatic rings. The molecule has 2 N–H and O–H groups in total. The van der Waals surface area contributed by atoms with Gasteiger partial charge in [-0.25, -0.2) is 4.39 Å². The van der Waals surface area contributed by atoms with Gasteiger partial charge in [-0.1, -0.05) is 22.0 Å². The Bertz CT molecular complexity index is 628. The van der Waals surface area contributed by atoms with Crippen LogP contribution in [0.3, 0.4) is 0 Å². The summed E-state index contributed by atoms with van der Waals surface area (Å²) in [6.45, 7) is 3.87. The Morgan fingerprint density at radius 1 is 1.20 bits per heavy atom. The summed E-state index contributed by atoms with van der Waals surface area (Å²) in [6.07, 6.45) is 2.43. The first kappa shape index (κ1) is 14.6. The number of nitrogens with two attached hydrogens (primary N) is 1. The topological polar surface area (TPSA) is 35.2 Å². The Balaban J connectivity index is 2.18. The van der Waals surface area contributed by atoms with Gasteiger partial charge in [0.15, 0.2) is 0 Å². The maximum Gasteiger partial charge on any atom is 0.129 e. The molecule has 0 radical (unpaired) electrons. The van der Waals surface area contributed by atoms with Gasteiger partial charge in [0.05, 0.1) is 0 Å². The summed E-state index contributed by atoms with van der Waals surface area (Å²) in [5.41, 5.74) is 7.86. The van der Waals surface area contributed by atoms with E-state index in [4.69, 9.17) is 10.5 Å². The van der Waals surface area contributed by atoms with Crippen molar-refractivity contribution in [3.8, 4) is 5.75 Å². The summed E-state index contributed by atoms with van der Waals surface area (Å²) >= 11 is 3.32. The molecule has 0 saturated carbocycles. The number of halogens is 2. The van der Waals surface area contributed by atoms with Crippen LogP contribution in [0.5, 0.6) is 5.75 Å². The maximum absolute atomic E-state index is 13.6. The van der Waals surface area contributed by atoms with Crippen LogP contribution in [0.15, 0.2) is 53.5 Å². The third kappa shape index (κ3) is 3.61. The number of ether oxygens (including phenoxy) is 1. The van der Waals surface area contributed by atoms with E-state index in [2.05, 4.69) is 22.5 Å². The van der Waals surface area contributed by atoms with Crippen LogP contribution in [0.1, 0.15) is 11.1 Å². The van der Waals surface area contributed by atoms with Crippen molar-refractivity contribution in [2.24, 2.45) is 0 Å². The number of nitrogen functional groups attached to an aromatic ring is 1. The number of anilines is 1. The number of hydrogen-bond acceptors (Lipinski definition) is 2. The number of benzene rings is 2. The monoisotopic (exact) mass is 335 g/mol. The van der Waals surface area contributed by atoms with Gasteiger partial charge in [-0.3, -0.25) is 0 Å². The van der Waals surface area contributed by atoms with E-state index in [0.29, 0.717) is 23.4 Å². The minimum atomic E-state index is -0.283. The number of rotatable bonds is 5.